The lowest BCUT2D eigenvalue weighted by Gasteiger charge is -2.17. The van der Waals surface area contributed by atoms with Crippen LogP contribution in [0.5, 0.6) is 0 Å². The summed E-state index contributed by atoms with van der Waals surface area (Å²) < 4.78 is 14.4. The van der Waals surface area contributed by atoms with Gasteiger partial charge in [0, 0.05) is 26.7 Å². The maximum absolute atomic E-state index is 13.6. The van der Waals surface area contributed by atoms with E-state index in [0.29, 0.717) is 22.7 Å². The van der Waals surface area contributed by atoms with E-state index in [1.54, 1.807) is 24.3 Å². The van der Waals surface area contributed by atoms with Crippen molar-refractivity contribution in [2.24, 2.45) is 0 Å². The molecule has 0 atom stereocenters. The highest BCUT2D eigenvalue weighted by atomic mass is 79.9. The summed E-state index contributed by atoms with van der Waals surface area (Å²) in [6, 6.07) is 9.80. The monoisotopic (exact) mass is 406 g/mol. The van der Waals surface area contributed by atoms with Gasteiger partial charge in [0.15, 0.2) is 0 Å². The van der Waals surface area contributed by atoms with Gasteiger partial charge in [-0.05, 0) is 42.5 Å². The summed E-state index contributed by atoms with van der Waals surface area (Å²) in [5, 5.41) is 5.45. The second-order valence-electron chi connectivity index (χ2n) is 5.04. The zero-order chi connectivity index (χ0) is 17.1. The number of halogens is 2. The van der Waals surface area contributed by atoms with Crippen molar-refractivity contribution in [3.05, 3.63) is 58.3 Å². The van der Waals surface area contributed by atoms with Gasteiger partial charge in [-0.1, -0.05) is 15.9 Å². The number of carbonyl (C=O) groups is 2. The second kappa shape index (κ2) is 7.19. The van der Waals surface area contributed by atoms with Crippen LogP contribution in [0.2, 0.25) is 0 Å². The van der Waals surface area contributed by atoms with Gasteiger partial charge in [0.1, 0.15) is 5.82 Å². The van der Waals surface area contributed by atoms with Gasteiger partial charge >= 0.3 is 0 Å². The van der Waals surface area contributed by atoms with E-state index in [0.717, 1.165) is 9.37 Å². The summed E-state index contributed by atoms with van der Waals surface area (Å²) >= 11 is 4.71. The third kappa shape index (κ3) is 4.04. The van der Waals surface area contributed by atoms with Crippen molar-refractivity contribution in [1.82, 2.24) is 0 Å². The molecule has 0 aliphatic carbocycles. The summed E-state index contributed by atoms with van der Waals surface area (Å²) in [6.45, 7) is 0. The summed E-state index contributed by atoms with van der Waals surface area (Å²) in [6.07, 6.45) is 2.67. The number of amides is 2. The van der Waals surface area contributed by atoms with Crippen LogP contribution < -0.4 is 10.6 Å². The number of thioether (sulfide) groups is 1. The second-order valence-corrected chi connectivity index (χ2v) is 6.97. The Morgan fingerprint density at radius 2 is 2.12 bits per heavy atom. The third-order valence-electron chi connectivity index (χ3n) is 3.25. The fourth-order valence-electron chi connectivity index (χ4n) is 2.15. The Kier molecular flexibility index (Phi) is 5.01. The van der Waals surface area contributed by atoms with Crippen LogP contribution in [0.3, 0.4) is 0 Å². The molecule has 0 fully saturated rings. The van der Waals surface area contributed by atoms with Gasteiger partial charge < -0.3 is 10.6 Å². The Balaban J connectivity index is 1.71. The number of rotatable bonds is 3. The molecule has 2 N–H and O–H groups in total. The molecule has 0 spiro atoms. The Morgan fingerprint density at radius 3 is 2.96 bits per heavy atom. The summed E-state index contributed by atoms with van der Waals surface area (Å²) in [4.78, 5) is 24.4. The number of anilines is 2. The van der Waals surface area contributed by atoms with Crippen LogP contribution in [-0.4, -0.2) is 17.6 Å². The third-order valence-corrected chi connectivity index (χ3v) is 4.82. The molecular weight excluding hydrogens is 395 g/mol. The molecule has 0 bridgehead atoms. The standard InChI is InChI=1S/C17H12BrFN2O2S/c18-11-2-4-13(19)10(7-11)1-6-16(22)20-12-3-5-15-14(8-12)21-17(23)9-24-15/h1-8H,9H2,(H,20,22)(H,21,23)/b6-1+. The van der Waals surface area contributed by atoms with E-state index in [2.05, 4.69) is 26.6 Å². The molecule has 2 aromatic carbocycles. The van der Waals surface area contributed by atoms with Crippen LogP contribution in [0.4, 0.5) is 15.8 Å². The first-order valence-corrected chi connectivity index (χ1v) is 8.80. The normalized spacial score (nSPS) is 13.5. The molecule has 0 unspecified atom stereocenters. The van der Waals surface area contributed by atoms with Crippen LogP contribution in [-0.2, 0) is 9.59 Å². The SMILES string of the molecule is O=C(/C=C/c1cc(Br)ccc1F)Nc1ccc2c(c1)NC(=O)CS2. The molecule has 1 heterocycles. The molecule has 1 aliphatic heterocycles. The fraction of sp³-hybridized carbons (Fsp3) is 0.0588. The summed E-state index contributed by atoms with van der Waals surface area (Å²) in [5.74, 6) is -0.472. The van der Waals surface area contributed by atoms with Gasteiger partial charge in [-0.3, -0.25) is 9.59 Å². The van der Waals surface area contributed by atoms with Gasteiger partial charge in [0.2, 0.25) is 11.8 Å². The lowest BCUT2D eigenvalue weighted by Crippen LogP contribution is -2.19. The molecule has 1 aliphatic rings. The first-order valence-electron chi connectivity index (χ1n) is 7.02. The number of benzene rings is 2. The van der Waals surface area contributed by atoms with E-state index < -0.39 is 5.82 Å². The van der Waals surface area contributed by atoms with Crippen molar-refractivity contribution >= 4 is 57.0 Å². The molecule has 3 rings (SSSR count). The molecule has 2 aromatic rings. The smallest absolute Gasteiger partial charge is 0.248 e. The number of hydrogen-bond donors (Lipinski definition) is 2. The number of carbonyl (C=O) groups excluding carboxylic acids is 2. The molecular formula is C17H12BrFN2O2S. The number of nitrogens with one attached hydrogen (secondary N) is 2. The van der Waals surface area contributed by atoms with Crippen molar-refractivity contribution < 1.29 is 14.0 Å². The van der Waals surface area contributed by atoms with E-state index in [-0.39, 0.29) is 11.8 Å². The minimum Gasteiger partial charge on any atom is -0.324 e. The summed E-state index contributed by atoms with van der Waals surface area (Å²) in [5.41, 5.74) is 1.55. The van der Waals surface area contributed by atoms with Gasteiger partial charge in [-0.15, -0.1) is 11.8 Å². The van der Waals surface area contributed by atoms with Crippen LogP contribution in [0.15, 0.2) is 51.8 Å². The minimum atomic E-state index is -0.407. The van der Waals surface area contributed by atoms with Crippen molar-refractivity contribution in [3.63, 3.8) is 0 Å². The number of hydrogen-bond acceptors (Lipinski definition) is 3. The van der Waals surface area contributed by atoms with Crippen LogP contribution in [0, 0.1) is 5.82 Å². The molecule has 24 heavy (non-hydrogen) atoms. The maximum Gasteiger partial charge on any atom is 0.248 e. The lowest BCUT2D eigenvalue weighted by molar-refractivity contribution is -0.114. The van der Waals surface area contributed by atoms with E-state index in [1.807, 2.05) is 6.07 Å². The van der Waals surface area contributed by atoms with Crippen molar-refractivity contribution in [3.8, 4) is 0 Å². The van der Waals surface area contributed by atoms with Gasteiger partial charge in [-0.25, -0.2) is 4.39 Å². The molecule has 4 nitrogen and oxygen atoms in total. The van der Waals surface area contributed by atoms with Crippen molar-refractivity contribution in [1.29, 1.82) is 0 Å². The van der Waals surface area contributed by atoms with E-state index in [1.165, 1.54) is 30.0 Å². The highest BCUT2D eigenvalue weighted by Gasteiger charge is 2.15. The maximum atomic E-state index is 13.6. The Bertz CT molecular complexity index is 854. The van der Waals surface area contributed by atoms with Crippen LogP contribution in [0.25, 0.3) is 6.08 Å². The molecule has 0 saturated carbocycles. The van der Waals surface area contributed by atoms with Crippen LogP contribution >= 0.6 is 27.7 Å². The fourth-order valence-corrected chi connectivity index (χ4v) is 3.32. The molecule has 2 amide bonds. The van der Waals surface area contributed by atoms with Gasteiger partial charge in [-0.2, -0.15) is 0 Å². The molecule has 0 radical (unpaired) electrons. The molecule has 122 valence electrons. The summed E-state index contributed by atoms with van der Waals surface area (Å²) in [7, 11) is 0. The Hall–Kier alpha value is -2.12. The topological polar surface area (TPSA) is 58.2 Å². The lowest BCUT2D eigenvalue weighted by atomic mass is 10.2. The first kappa shape index (κ1) is 16.7. The zero-order valence-electron chi connectivity index (χ0n) is 12.3. The average molecular weight is 407 g/mol. The highest BCUT2D eigenvalue weighted by molar-refractivity contribution is 9.10. The molecule has 7 heteroatoms. The van der Waals surface area contributed by atoms with Crippen molar-refractivity contribution in [2.75, 3.05) is 16.4 Å². The van der Waals surface area contributed by atoms with E-state index in [4.69, 9.17) is 0 Å². The van der Waals surface area contributed by atoms with E-state index in [9.17, 15) is 14.0 Å². The molecule has 0 aromatic heterocycles. The average Bonchev–Trinajstić information content (AvgIpc) is 2.55. The van der Waals surface area contributed by atoms with Crippen molar-refractivity contribution in [2.45, 2.75) is 4.90 Å². The largest absolute Gasteiger partial charge is 0.324 e. The Labute approximate surface area is 150 Å². The molecule has 0 saturated heterocycles. The van der Waals surface area contributed by atoms with Gasteiger partial charge in [0.05, 0.1) is 11.4 Å². The Morgan fingerprint density at radius 1 is 1.29 bits per heavy atom. The minimum absolute atomic E-state index is 0.0685. The van der Waals surface area contributed by atoms with E-state index >= 15 is 0 Å². The number of fused-ring (bicyclic) bond motifs is 1. The van der Waals surface area contributed by atoms with Crippen LogP contribution in [0.1, 0.15) is 5.56 Å². The predicted octanol–water partition coefficient (Wildman–Crippen LogP) is 4.28. The zero-order valence-corrected chi connectivity index (χ0v) is 14.7. The quantitative estimate of drug-likeness (QED) is 0.747. The van der Waals surface area contributed by atoms with Gasteiger partial charge in [0.25, 0.3) is 0 Å². The first-order chi connectivity index (χ1) is 11.5. The predicted molar refractivity (Wildman–Crippen MR) is 97.6 cm³/mol. The highest BCUT2D eigenvalue weighted by Crippen LogP contribution is 2.33.